The summed E-state index contributed by atoms with van der Waals surface area (Å²) in [5, 5.41) is 8.78. The van der Waals surface area contributed by atoms with Gasteiger partial charge in [0, 0.05) is 11.5 Å². The number of aromatic nitrogens is 2. The second-order valence-corrected chi connectivity index (χ2v) is 5.55. The Morgan fingerprint density at radius 1 is 1.19 bits per heavy atom. The average molecular weight is 283 g/mol. The standard InChI is InChI=1S/C15H17N5O/c1-15(2,3)14-18-12(20-17)8-13(19-14)21-11-6-4-10(9-16)5-7-11/h4-8H,17H2,1-3H3,(H,18,19,20). The molecule has 0 bridgehead atoms. The Labute approximate surface area is 123 Å². The lowest BCUT2D eigenvalue weighted by atomic mass is 9.96. The van der Waals surface area contributed by atoms with Gasteiger partial charge in [0.1, 0.15) is 17.4 Å². The van der Waals surface area contributed by atoms with E-state index >= 15 is 0 Å². The summed E-state index contributed by atoms with van der Waals surface area (Å²) >= 11 is 0. The predicted octanol–water partition coefficient (Wildman–Crippen LogP) is 2.72. The largest absolute Gasteiger partial charge is 0.439 e. The van der Waals surface area contributed by atoms with Crippen LogP contribution in [0.2, 0.25) is 0 Å². The monoisotopic (exact) mass is 283 g/mol. The van der Waals surface area contributed by atoms with Gasteiger partial charge in [-0.05, 0) is 24.3 Å². The first-order valence-electron chi connectivity index (χ1n) is 6.46. The van der Waals surface area contributed by atoms with Gasteiger partial charge in [0.2, 0.25) is 5.88 Å². The Morgan fingerprint density at radius 3 is 2.38 bits per heavy atom. The summed E-state index contributed by atoms with van der Waals surface area (Å²) in [6.45, 7) is 6.02. The molecule has 0 spiro atoms. The van der Waals surface area contributed by atoms with Crippen LogP contribution in [-0.2, 0) is 5.41 Å². The predicted molar refractivity (Wildman–Crippen MR) is 79.8 cm³/mol. The van der Waals surface area contributed by atoms with Crippen LogP contribution >= 0.6 is 0 Å². The summed E-state index contributed by atoms with van der Waals surface area (Å²) < 4.78 is 5.70. The van der Waals surface area contributed by atoms with Crippen LogP contribution in [0.15, 0.2) is 30.3 Å². The fraction of sp³-hybridized carbons (Fsp3) is 0.267. The minimum absolute atomic E-state index is 0.227. The van der Waals surface area contributed by atoms with Crippen LogP contribution in [0.1, 0.15) is 32.2 Å². The van der Waals surface area contributed by atoms with E-state index in [4.69, 9.17) is 15.8 Å². The summed E-state index contributed by atoms with van der Waals surface area (Å²) in [6, 6.07) is 10.5. The molecule has 1 aromatic carbocycles. The van der Waals surface area contributed by atoms with E-state index in [1.165, 1.54) is 0 Å². The SMILES string of the molecule is CC(C)(C)c1nc(NN)cc(Oc2ccc(C#N)cc2)n1. The molecule has 1 aromatic heterocycles. The number of benzene rings is 1. The van der Waals surface area contributed by atoms with Crippen LogP contribution in [0.3, 0.4) is 0 Å². The molecule has 0 atom stereocenters. The molecule has 0 unspecified atom stereocenters. The number of nitriles is 1. The minimum atomic E-state index is -0.227. The van der Waals surface area contributed by atoms with Crippen molar-refractivity contribution in [1.29, 1.82) is 5.26 Å². The quantitative estimate of drug-likeness (QED) is 0.664. The highest BCUT2D eigenvalue weighted by molar-refractivity contribution is 5.41. The van der Waals surface area contributed by atoms with E-state index < -0.39 is 0 Å². The third-order valence-electron chi connectivity index (χ3n) is 2.73. The van der Waals surface area contributed by atoms with E-state index in [0.717, 1.165) is 0 Å². The second-order valence-electron chi connectivity index (χ2n) is 5.55. The van der Waals surface area contributed by atoms with Crippen LogP contribution in [0.4, 0.5) is 5.82 Å². The lowest BCUT2D eigenvalue weighted by molar-refractivity contribution is 0.446. The summed E-state index contributed by atoms with van der Waals surface area (Å²) in [5.41, 5.74) is 2.86. The van der Waals surface area contributed by atoms with Gasteiger partial charge in [-0.25, -0.2) is 10.8 Å². The maximum atomic E-state index is 8.78. The molecule has 6 heteroatoms. The molecule has 0 fully saturated rings. The molecule has 21 heavy (non-hydrogen) atoms. The fourth-order valence-corrected chi connectivity index (χ4v) is 1.60. The molecule has 0 aliphatic heterocycles. The van der Waals surface area contributed by atoms with Gasteiger partial charge in [0.15, 0.2) is 0 Å². The van der Waals surface area contributed by atoms with E-state index in [1.54, 1.807) is 30.3 Å². The number of hydrazine groups is 1. The number of nitrogens with two attached hydrogens (primary N) is 1. The van der Waals surface area contributed by atoms with Gasteiger partial charge in [-0.15, -0.1) is 0 Å². The van der Waals surface area contributed by atoms with E-state index in [0.29, 0.717) is 28.8 Å². The van der Waals surface area contributed by atoms with Gasteiger partial charge >= 0.3 is 0 Å². The van der Waals surface area contributed by atoms with Gasteiger partial charge in [-0.3, -0.25) is 0 Å². The van der Waals surface area contributed by atoms with E-state index in [9.17, 15) is 0 Å². The Kier molecular flexibility index (Phi) is 4.05. The number of anilines is 1. The first-order valence-corrected chi connectivity index (χ1v) is 6.46. The molecule has 3 N–H and O–H groups in total. The minimum Gasteiger partial charge on any atom is -0.439 e. The van der Waals surface area contributed by atoms with Crippen LogP contribution in [0.25, 0.3) is 0 Å². The fourth-order valence-electron chi connectivity index (χ4n) is 1.60. The third-order valence-corrected chi connectivity index (χ3v) is 2.73. The van der Waals surface area contributed by atoms with Gasteiger partial charge in [-0.2, -0.15) is 10.2 Å². The number of hydrogen-bond acceptors (Lipinski definition) is 6. The molecule has 0 radical (unpaired) electrons. The van der Waals surface area contributed by atoms with Crippen LogP contribution in [0.5, 0.6) is 11.6 Å². The van der Waals surface area contributed by atoms with Crippen molar-refractivity contribution in [1.82, 2.24) is 9.97 Å². The van der Waals surface area contributed by atoms with Crippen molar-refractivity contribution in [3.63, 3.8) is 0 Å². The normalized spacial score (nSPS) is 10.8. The van der Waals surface area contributed by atoms with Crippen molar-refractivity contribution >= 4 is 5.82 Å². The maximum absolute atomic E-state index is 8.78. The van der Waals surface area contributed by atoms with Crippen LogP contribution < -0.4 is 16.0 Å². The Hall–Kier alpha value is -2.65. The average Bonchev–Trinajstić information content (AvgIpc) is 2.46. The number of nitrogens with one attached hydrogen (secondary N) is 1. The zero-order chi connectivity index (χ0) is 15.5. The molecule has 0 aliphatic carbocycles. The summed E-state index contributed by atoms with van der Waals surface area (Å²) in [4.78, 5) is 8.72. The highest BCUT2D eigenvalue weighted by Gasteiger charge is 2.19. The molecule has 1 heterocycles. The molecular formula is C15H17N5O. The number of hydrogen-bond donors (Lipinski definition) is 2. The smallest absolute Gasteiger partial charge is 0.224 e. The molecule has 0 aliphatic rings. The van der Waals surface area contributed by atoms with Crippen molar-refractivity contribution in [3.8, 4) is 17.7 Å². The Morgan fingerprint density at radius 2 is 1.86 bits per heavy atom. The van der Waals surface area contributed by atoms with E-state index in [1.807, 2.05) is 20.8 Å². The molecule has 6 nitrogen and oxygen atoms in total. The van der Waals surface area contributed by atoms with Gasteiger partial charge < -0.3 is 10.2 Å². The number of rotatable bonds is 3. The highest BCUT2D eigenvalue weighted by Crippen LogP contribution is 2.26. The zero-order valence-electron chi connectivity index (χ0n) is 12.2. The van der Waals surface area contributed by atoms with E-state index in [-0.39, 0.29) is 5.41 Å². The third kappa shape index (κ3) is 3.68. The lowest BCUT2D eigenvalue weighted by Crippen LogP contribution is -2.19. The van der Waals surface area contributed by atoms with Crippen LogP contribution in [0, 0.1) is 11.3 Å². The van der Waals surface area contributed by atoms with Gasteiger partial charge in [0.25, 0.3) is 0 Å². The van der Waals surface area contributed by atoms with Crippen molar-refractivity contribution < 1.29 is 4.74 Å². The van der Waals surface area contributed by atoms with Crippen molar-refractivity contribution in [3.05, 3.63) is 41.7 Å². The van der Waals surface area contributed by atoms with Crippen molar-refractivity contribution in [2.75, 3.05) is 5.43 Å². The van der Waals surface area contributed by atoms with Crippen molar-refractivity contribution in [2.24, 2.45) is 5.84 Å². The zero-order valence-corrected chi connectivity index (χ0v) is 12.2. The number of ether oxygens (including phenoxy) is 1. The first-order chi connectivity index (χ1) is 9.92. The van der Waals surface area contributed by atoms with Crippen molar-refractivity contribution in [2.45, 2.75) is 26.2 Å². The summed E-state index contributed by atoms with van der Waals surface area (Å²) in [6.07, 6.45) is 0. The van der Waals surface area contributed by atoms with Gasteiger partial charge in [0.05, 0.1) is 11.6 Å². The molecular weight excluding hydrogens is 266 g/mol. The number of nitrogens with zero attached hydrogens (tertiary/aromatic N) is 3. The van der Waals surface area contributed by atoms with Crippen LogP contribution in [-0.4, -0.2) is 9.97 Å². The maximum Gasteiger partial charge on any atom is 0.224 e. The molecule has 0 amide bonds. The molecule has 108 valence electrons. The Bertz CT molecular complexity index is 668. The topological polar surface area (TPSA) is 96.9 Å². The number of nitrogen functional groups attached to an aromatic ring is 1. The highest BCUT2D eigenvalue weighted by atomic mass is 16.5. The molecule has 0 saturated heterocycles. The summed E-state index contributed by atoms with van der Waals surface area (Å²) in [5.74, 6) is 7.53. The second kappa shape index (κ2) is 5.77. The van der Waals surface area contributed by atoms with E-state index in [2.05, 4.69) is 21.5 Å². The molecule has 2 aromatic rings. The molecule has 2 rings (SSSR count). The Balaban J connectivity index is 2.32. The lowest BCUT2D eigenvalue weighted by Gasteiger charge is -2.18. The summed E-state index contributed by atoms with van der Waals surface area (Å²) in [7, 11) is 0. The van der Waals surface area contributed by atoms with Gasteiger partial charge in [-0.1, -0.05) is 20.8 Å². The first kappa shape index (κ1) is 14.8. The molecule has 0 saturated carbocycles.